The topological polar surface area (TPSA) is 58.4 Å². The number of likely N-dealkylation sites (tertiary alicyclic amines) is 1. The van der Waals surface area contributed by atoms with E-state index in [0.29, 0.717) is 11.8 Å². The van der Waals surface area contributed by atoms with Crippen LogP contribution < -0.4 is 5.32 Å². The van der Waals surface area contributed by atoms with Gasteiger partial charge in [0.2, 0.25) is 5.76 Å². The SMILES string of the molecule is CNC1CCCN(C(=O)c2oncc2C)C1. The molecular weight excluding hydrogens is 206 g/mol. The molecule has 1 unspecified atom stereocenters. The summed E-state index contributed by atoms with van der Waals surface area (Å²) >= 11 is 0. The predicted octanol–water partition coefficient (Wildman–Crippen LogP) is 0.807. The second-order valence-corrected chi connectivity index (χ2v) is 4.22. The molecule has 2 heterocycles. The van der Waals surface area contributed by atoms with E-state index in [-0.39, 0.29) is 5.91 Å². The van der Waals surface area contributed by atoms with E-state index in [1.165, 1.54) is 0 Å². The highest BCUT2D eigenvalue weighted by Crippen LogP contribution is 2.15. The summed E-state index contributed by atoms with van der Waals surface area (Å²) in [7, 11) is 1.93. The Bertz CT molecular complexity index is 375. The Hall–Kier alpha value is -1.36. The molecule has 1 aliphatic heterocycles. The number of nitrogens with zero attached hydrogens (tertiary/aromatic N) is 2. The molecule has 1 N–H and O–H groups in total. The molecule has 1 saturated heterocycles. The number of piperidine rings is 1. The van der Waals surface area contributed by atoms with Crippen LogP contribution in [0.4, 0.5) is 0 Å². The Morgan fingerprint density at radius 2 is 2.50 bits per heavy atom. The smallest absolute Gasteiger partial charge is 0.292 e. The number of rotatable bonds is 2. The van der Waals surface area contributed by atoms with Gasteiger partial charge in [0.1, 0.15) is 0 Å². The van der Waals surface area contributed by atoms with E-state index in [2.05, 4.69) is 10.5 Å². The molecule has 1 fully saturated rings. The first-order valence-corrected chi connectivity index (χ1v) is 5.60. The molecule has 1 aromatic heterocycles. The van der Waals surface area contributed by atoms with Gasteiger partial charge in [-0.05, 0) is 26.8 Å². The molecule has 16 heavy (non-hydrogen) atoms. The maximum absolute atomic E-state index is 12.1. The highest BCUT2D eigenvalue weighted by Gasteiger charge is 2.26. The number of hydrogen-bond donors (Lipinski definition) is 1. The molecular formula is C11H17N3O2. The van der Waals surface area contributed by atoms with Gasteiger partial charge in [0.05, 0.1) is 6.20 Å². The van der Waals surface area contributed by atoms with Crippen molar-refractivity contribution < 1.29 is 9.32 Å². The molecule has 1 amide bonds. The zero-order valence-electron chi connectivity index (χ0n) is 9.69. The van der Waals surface area contributed by atoms with Gasteiger partial charge >= 0.3 is 0 Å². The largest absolute Gasteiger partial charge is 0.351 e. The number of likely N-dealkylation sites (N-methyl/N-ethyl adjacent to an activating group) is 1. The molecule has 5 nitrogen and oxygen atoms in total. The lowest BCUT2D eigenvalue weighted by Crippen LogP contribution is -2.47. The Morgan fingerprint density at radius 3 is 3.12 bits per heavy atom. The minimum Gasteiger partial charge on any atom is -0.351 e. The van der Waals surface area contributed by atoms with Crippen LogP contribution in [0.2, 0.25) is 0 Å². The lowest BCUT2D eigenvalue weighted by atomic mass is 10.1. The summed E-state index contributed by atoms with van der Waals surface area (Å²) in [5.74, 6) is 0.326. The van der Waals surface area contributed by atoms with Crippen LogP contribution in [0.25, 0.3) is 0 Å². The quantitative estimate of drug-likeness (QED) is 0.806. The average Bonchev–Trinajstić information content (AvgIpc) is 2.74. The number of hydrogen-bond acceptors (Lipinski definition) is 4. The van der Waals surface area contributed by atoms with E-state index in [4.69, 9.17) is 4.52 Å². The van der Waals surface area contributed by atoms with Crippen molar-refractivity contribution in [2.45, 2.75) is 25.8 Å². The molecule has 5 heteroatoms. The lowest BCUT2D eigenvalue weighted by molar-refractivity contribution is 0.0655. The van der Waals surface area contributed by atoms with E-state index >= 15 is 0 Å². The fraction of sp³-hybridized carbons (Fsp3) is 0.636. The monoisotopic (exact) mass is 223 g/mol. The summed E-state index contributed by atoms with van der Waals surface area (Å²) in [5.41, 5.74) is 0.802. The average molecular weight is 223 g/mol. The van der Waals surface area contributed by atoms with Gasteiger partial charge in [0, 0.05) is 24.7 Å². The van der Waals surface area contributed by atoms with Crippen LogP contribution in [0.3, 0.4) is 0 Å². The summed E-state index contributed by atoms with van der Waals surface area (Å²) in [6, 6.07) is 0.390. The van der Waals surface area contributed by atoms with Crippen molar-refractivity contribution in [2.24, 2.45) is 0 Å². The second kappa shape index (κ2) is 4.65. The number of carbonyl (C=O) groups is 1. The molecule has 2 rings (SSSR count). The fourth-order valence-corrected chi connectivity index (χ4v) is 2.04. The van der Waals surface area contributed by atoms with Gasteiger partial charge in [-0.1, -0.05) is 5.16 Å². The third kappa shape index (κ3) is 2.09. The molecule has 1 aliphatic rings. The van der Waals surface area contributed by atoms with Crippen molar-refractivity contribution in [3.8, 4) is 0 Å². The zero-order chi connectivity index (χ0) is 11.5. The van der Waals surface area contributed by atoms with Crippen molar-refractivity contribution in [1.82, 2.24) is 15.4 Å². The van der Waals surface area contributed by atoms with E-state index < -0.39 is 0 Å². The summed E-state index contributed by atoms with van der Waals surface area (Å²) in [4.78, 5) is 13.9. The molecule has 1 aromatic rings. The standard InChI is InChI=1S/C11H17N3O2/c1-8-6-13-16-10(8)11(15)14-5-3-4-9(7-14)12-2/h6,9,12H,3-5,7H2,1-2H3. The molecule has 0 spiro atoms. The summed E-state index contributed by atoms with van der Waals surface area (Å²) in [6.07, 6.45) is 3.73. The first kappa shape index (κ1) is 11.1. The van der Waals surface area contributed by atoms with Gasteiger partial charge in [-0.15, -0.1) is 0 Å². The van der Waals surface area contributed by atoms with Crippen LogP contribution in [0, 0.1) is 6.92 Å². The van der Waals surface area contributed by atoms with Crippen LogP contribution in [-0.2, 0) is 0 Å². The van der Waals surface area contributed by atoms with E-state index in [1.54, 1.807) is 6.20 Å². The molecule has 0 aromatic carbocycles. The zero-order valence-corrected chi connectivity index (χ0v) is 9.69. The number of amides is 1. The lowest BCUT2D eigenvalue weighted by Gasteiger charge is -2.31. The maximum atomic E-state index is 12.1. The van der Waals surface area contributed by atoms with Gasteiger partial charge in [-0.2, -0.15) is 0 Å². The van der Waals surface area contributed by atoms with Crippen molar-refractivity contribution >= 4 is 5.91 Å². The third-order valence-corrected chi connectivity index (χ3v) is 3.06. The van der Waals surface area contributed by atoms with Crippen LogP contribution in [0.1, 0.15) is 29.0 Å². The number of carbonyl (C=O) groups excluding carboxylic acids is 1. The number of nitrogens with one attached hydrogen (secondary N) is 1. The van der Waals surface area contributed by atoms with Gasteiger partial charge in [-0.3, -0.25) is 4.79 Å². The van der Waals surface area contributed by atoms with Crippen LogP contribution in [0.15, 0.2) is 10.7 Å². The van der Waals surface area contributed by atoms with Gasteiger partial charge in [0.25, 0.3) is 5.91 Å². The van der Waals surface area contributed by atoms with E-state index in [9.17, 15) is 4.79 Å². The summed E-state index contributed by atoms with van der Waals surface area (Å²) in [6.45, 7) is 3.38. The van der Waals surface area contributed by atoms with Crippen LogP contribution in [-0.4, -0.2) is 42.1 Å². The van der Waals surface area contributed by atoms with Gasteiger partial charge in [0.15, 0.2) is 0 Å². The van der Waals surface area contributed by atoms with Crippen LogP contribution in [0.5, 0.6) is 0 Å². The molecule has 0 bridgehead atoms. The normalized spacial score (nSPS) is 21.1. The predicted molar refractivity (Wildman–Crippen MR) is 59.2 cm³/mol. The highest BCUT2D eigenvalue weighted by molar-refractivity contribution is 5.92. The Balaban J connectivity index is 2.07. The summed E-state index contributed by atoms with van der Waals surface area (Å²) in [5, 5.41) is 6.85. The summed E-state index contributed by atoms with van der Waals surface area (Å²) < 4.78 is 4.99. The first-order chi connectivity index (χ1) is 7.72. The molecule has 0 radical (unpaired) electrons. The van der Waals surface area contributed by atoms with Crippen molar-refractivity contribution in [2.75, 3.05) is 20.1 Å². The number of aryl methyl sites for hydroxylation is 1. The third-order valence-electron chi connectivity index (χ3n) is 3.06. The molecule has 1 atom stereocenters. The minimum atomic E-state index is -0.0463. The number of aromatic nitrogens is 1. The van der Waals surface area contributed by atoms with Crippen molar-refractivity contribution in [3.63, 3.8) is 0 Å². The minimum absolute atomic E-state index is 0.0463. The Labute approximate surface area is 94.8 Å². The molecule has 0 aliphatic carbocycles. The highest BCUT2D eigenvalue weighted by atomic mass is 16.5. The van der Waals surface area contributed by atoms with E-state index in [1.807, 2.05) is 18.9 Å². The Morgan fingerprint density at radius 1 is 1.69 bits per heavy atom. The maximum Gasteiger partial charge on any atom is 0.292 e. The van der Waals surface area contributed by atoms with E-state index in [0.717, 1.165) is 31.5 Å². The molecule has 88 valence electrons. The fourth-order valence-electron chi connectivity index (χ4n) is 2.04. The van der Waals surface area contributed by atoms with Crippen LogP contribution >= 0.6 is 0 Å². The van der Waals surface area contributed by atoms with Crippen molar-refractivity contribution in [1.29, 1.82) is 0 Å². The van der Waals surface area contributed by atoms with Gasteiger partial charge < -0.3 is 14.7 Å². The first-order valence-electron chi connectivity index (χ1n) is 5.60. The Kier molecular flexibility index (Phi) is 3.24. The van der Waals surface area contributed by atoms with Crippen molar-refractivity contribution in [3.05, 3.63) is 17.5 Å². The van der Waals surface area contributed by atoms with Gasteiger partial charge in [-0.25, -0.2) is 0 Å². The second-order valence-electron chi connectivity index (χ2n) is 4.22. The molecule has 0 saturated carbocycles.